The molecule has 0 radical (unpaired) electrons. The number of anilines is 1. The van der Waals surface area contributed by atoms with Gasteiger partial charge in [0.05, 0.1) is 10.6 Å². The molecule has 2 aromatic carbocycles. The first-order valence-corrected chi connectivity index (χ1v) is 9.20. The molecule has 3 rings (SSSR count). The molecule has 0 unspecified atom stereocenters. The van der Waals surface area contributed by atoms with Gasteiger partial charge in [0.25, 0.3) is 5.91 Å². The van der Waals surface area contributed by atoms with Crippen molar-refractivity contribution in [2.24, 2.45) is 0 Å². The molecule has 0 bridgehead atoms. The third-order valence-corrected chi connectivity index (χ3v) is 5.04. The quantitative estimate of drug-likeness (QED) is 0.589. The van der Waals surface area contributed by atoms with Crippen LogP contribution in [-0.2, 0) is 9.59 Å². The minimum absolute atomic E-state index is 0.246. The molecule has 1 saturated heterocycles. The smallest absolute Gasteiger partial charge is 0.341 e. The number of nitrogens with zero attached hydrogens (tertiary/aromatic N) is 2. The van der Waals surface area contributed by atoms with E-state index in [-0.39, 0.29) is 5.91 Å². The van der Waals surface area contributed by atoms with Crippen LogP contribution in [0.4, 0.5) is 5.69 Å². The molecule has 6 nitrogen and oxygen atoms in total. The first-order valence-electron chi connectivity index (χ1n) is 7.97. The Morgan fingerprint density at radius 3 is 2.59 bits per heavy atom. The Kier molecular flexibility index (Phi) is 5.78. The van der Waals surface area contributed by atoms with E-state index in [1.54, 1.807) is 42.4 Å². The van der Waals surface area contributed by atoms with E-state index in [4.69, 9.17) is 22.1 Å². The Bertz CT molecular complexity index is 915. The van der Waals surface area contributed by atoms with Crippen LogP contribution in [0.25, 0.3) is 6.08 Å². The Hall–Kier alpha value is -2.84. The number of carboxylic acid groups (broad SMARTS) is 1. The Morgan fingerprint density at radius 2 is 1.89 bits per heavy atom. The monoisotopic (exact) mass is 400 g/mol. The number of thioether (sulfide) groups is 1. The second-order valence-electron chi connectivity index (χ2n) is 5.57. The number of carbonyl (C=O) groups excluding carboxylic acids is 1. The molecule has 138 valence electrons. The second kappa shape index (κ2) is 8.24. The largest absolute Gasteiger partial charge is 0.481 e. The summed E-state index contributed by atoms with van der Waals surface area (Å²) in [6.45, 7) is -0.456. The summed E-state index contributed by atoms with van der Waals surface area (Å²) in [4.78, 5) is 24.1. The van der Waals surface area contributed by atoms with Crippen LogP contribution in [0.5, 0.6) is 5.75 Å². The fraction of sp³-hybridized carbons (Fsp3) is 0.105. The first kappa shape index (κ1) is 18.9. The highest BCUT2D eigenvalue weighted by Crippen LogP contribution is 2.36. The lowest BCUT2D eigenvalue weighted by molar-refractivity contribution is -0.139. The highest BCUT2D eigenvalue weighted by atomic mass is 32.2. The Labute approximate surface area is 166 Å². The molecular weight excluding hydrogens is 384 g/mol. The van der Waals surface area contributed by atoms with Crippen LogP contribution in [0, 0.1) is 0 Å². The summed E-state index contributed by atoms with van der Waals surface area (Å²) >= 11 is 6.57. The summed E-state index contributed by atoms with van der Waals surface area (Å²) < 4.78 is 5.71. The van der Waals surface area contributed by atoms with Crippen LogP contribution in [0.3, 0.4) is 0 Å². The van der Waals surface area contributed by atoms with Gasteiger partial charge in [-0.3, -0.25) is 9.80 Å². The van der Waals surface area contributed by atoms with Gasteiger partial charge in [-0.05, 0) is 36.5 Å². The minimum atomic E-state index is -1.07. The topological polar surface area (TPSA) is 70.1 Å². The fourth-order valence-electron chi connectivity index (χ4n) is 2.49. The lowest BCUT2D eigenvalue weighted by Gasteiger charge is -2.28. The zero-order chi connectivity index (χ0) is 19.4. The summed E-state index contributed by atoms with van der Waals surface area (Å²) in [6.07, 6.45) is 1.66. The maximum Gasteiger partial charge on any atom is 0.341 e. The van der Waals surface area contributed by atoms with Crippen LogP contribution in [-0.4, -0.2) is 40.0 Å². The molecule has 0 aliphatic carbocycles. The van der Waals surface area contributed by atoms with Gasteiger partial charge in [-0.2, -0.15) is 5.01 Å². The SMILES string of the molecule is CN(c1ccccc1)N1C(=O)/C(=C/c2ccccc2OCC(=O)O)SC1=S. The van der Waals surface area contributed by atoms with Crippen molar-refractivity contribution in [3.63, 3.8) is 0 Å². The summed E-state index contributed by atoms with van der Waals surface area (Å²) in [6, 6.07) is 16.4. The van der Waals surface area contributed by atoms with Crippen molar-refractivity contribution in [1.29, 1.82) is 0 Å². The van der Waals surface area contributed by atoms with E-state index in [1.165, 1.54) is 16.8 Å². The highest BCUT2D eigenvalue weighted by Gasteiger charge is 2.35. The van der Waals surface area contributed by atoms with E-state index in [9.17, 15) is 9.59 Å². The molecule has 0 spiro atoms. The molecule has 27 heavy (non-hydrogen) atoms. The van der Waals surface area contributed by atoms with Crippen LogP contribution in [0.2, 0.25) is 0 Å². The van der Waals surface area contributed by atoms with E-state index in [2.05, 4.69) is 0 Å². The van der Waals surface area contributed by atoms with Crippen molar-refractivity contribution >= 4 is 51.9 Å². The van der Waals surface area contributed by atoms with Gasteiger partial charge in [0.15, 0.2) is 10.9 Å². The first-order chi connectivity index (χ1) is 13.0. The number of hydrogen-bond acceptors (Lipinski definition) is 6. The van der Waals surface area contributed by atoms with E-state index in [1.807, 2.05) is 30.3 Å². The molecule has 8 heteroatoms. The molecular formula is C19H16N2O4S2. The van der Waals surface area contributed by atoms with Crippen LogP contribution >= 0.6 is 24.0 Å². The van der Waals surface area contributed by atoms with Crippen molar-refractivity contribution < 1.29 is 19.4 Å². The van der Waals surface area contributed by atoms with E-state index >= 15 is 0 Å². The number of hydrogen-bond donors (Lipinski definition) is 1. The van der Waals surface area contributed by atoms with Gasteiger partial charge in [0.1, 0.15) is 5.75 Å². The molecule has 1 N–H and O–H groups in total. The minimum Gasteiger partial charge on any atom is -0.481 e. The lowest BCUT2D eigenvalue weighted by Crippen LogP contribution is -2.42. The van der Waals surface area contributed by atoms with E-state index < -0.39 is 12.6 Å². The number of ether oxygens (including phenoxy) is 1. The number of aliphatic carboxylic acids is 1. The number of carbonyl (C=O) groups is 2. The molecule has 0 saturated carbocycles. The number of amides is 1. The average molecular weight is 400 g/mol. The zero-order valence-electron chi connectivity index (χ0n) is 14.4. The van der Waals surface area contributed by atoms with Gasteiger partial charge in [-0.15, -0.1) is 0 Å². The fourth-order valence-corrected chi connectivity index (χ4v) is 3.80. The Balaban J connectivity index is 1.86. The van der Waals surface area contributed by atoms with Gasteiger partial charge in [0, 0.05) is 12.6 Å². The average Bonchev–Trinajstić information content (AvgIpc) is 2.94. The molecule has 1 fully saturated rings. The third kappa shape index (κ3) is 4.29. The molecule has 2 aromatic rings. The number of para-hydroxylation sites is 2. The van der Waals surface area contributed by atoms with Crippen LogP contribution < -0.4 is 9.75 Å². The van der Waals surface area contributed by atoms with Crippen molar-refractivity contribution in [2.75, 3.05) is 18.7 Å². The van der Waals surface area contributed by atoms with Crippen LogP contribution in [0.15, 0.2) is 59.5 Å². The number of benzene rings is 2. The predicted octanol–water partition coefficient (Wildman–Crippen LogP) is 3.40. The van der Waals surface area contributed by atoms with Crippen molar-refractivity contribution in [2.45, 2.75) is 0 Å². The second-order valence-corrected chi connectivity index (χ2v) is 7.25. The lowest BCUT2D eigenvalue weighted by atomic mass is 10.2. The van der Waals surface area contributed by atoms with Crippen molar-refractivity contribution in [3.05, 3.63) is 65.1 Å². The number of hydrazine groups is 1. The molecule has 1 aliphatic rings. The van der Waals surface area contributed by atoms with Gasteiger partial charge in [0.2, 0.25) is 0 Å². The maximum atomic E-state index is 12.9. The number of rotatable bonds is 6. The molecule has 1 heterocycles. The van der Waals surface area contributed by atoms with Gasteiger partial charge < -0.3 is 9.84 Å². The van der Waals surface area contributed by atoms with Gasteiger partial charge >= 0.3 is 5.97 Å². The number of carboxylic acids is 1. The Morgan fingerprint density at radius 1 is 1.22 bits per heavy atom. The standard InChI is InChI=1S/C19H16N2O4S2/c1-20(14-8-3-2-4-9-14)21-18(24)16(27-19(21)26)11-13-7-5-6-10-15(13)25-12-17(22)23/h2-11H,12H2,1H3,(H,22,23)/b16-11-. The summed E-state index contributed by atoms with van der Waals surface area (Å²) in [5, 5.41) is 11.9. The van der Waals surface area contributed by atoms with Gasteiger partial charge in [-0.25, -0.2) is 4.79 Å². The van der Waals surface area contributed by atoms with Crippen LogP contribution in [0.1, 0.15) is 5.56 Å². The molecule has 1 aliphatic heterocycles. The summed E-state index contributed by atoms with van der Waals surface area (Å²) in [5.41, 5.74) is 1.45. The van der Waals surface area contributed by atoms with E-state index in [0.717, 1.165) is 5.69 Å². The third-order valence-electron chi connectivity index (χ3n) is 3.76. The van der Waals surface area contributed by atoms with Crippen molar-refractivity contribution in [3.8, 4) is 5.75 Å². The van der Waals surface area contributed by atoms with E-state index in [0.29, 0.717) is 20.5 Å². The number of thiocarbonyl (C=S) groups is 1. The maximum absolute atomic E-state index is 12.9. The van der Waals surface area contributed by atoms with Crippen molar-refractivity contribution in [1.82, 2.24) is 5.01 Å². The molecule has 0 aromatic heterocycles. The zero-order valence-corrected chi connectivity index (χ0v) is 16.0. The summed E-state index contributed by atoms with van der Waals surface area (Å²) in [7, 11) is 1.77. The molecule has 1 amide bonds. The predicted molar refractivity (Wildman–Crippen MR) is 109 cm³/mol. The summed E-state index contributed by atoms with van der Waals surface area (Å²) in [5.74, 6) is -0.924. The highest BCUT2D eigenvalue weighted by molar-refractivity contribution is 8.26. The normalized spacial score (nSPS) is 15.3. The van der Waals surface area contributed by atoms with Gasteiger partial charge in [-0.1, -0.05) is 48.2 Å². The molecule has 0 atom stereocenters.